The van der Waals surface area contributed by atoms with E-state index in [0.717, 1.165) is 55.4 Å². The van der Waals surface area contributed by atoms with Crippen molar-refractivity contribution in [3.8, 4) is 33.6 Å². The molecule has 9 rings (SSSR count). The van der Waals surface area contributed by atoms with Gasteiger partial charge in [0.15, 0.2) is 11.4 Å². The Morgan fingerprint density at radius 3 is 1.73 bits per heavy atom. The minimum atomic E-state index is 0.562. The van der Waals surface area contributed by atoms with Gasteiger partial charge in [-0.05, 0) is 64.5 Å². The van der Waals surface area contributed by atoms with E-state index in [-0.39, 0.29) is 0 Å². The summed E-state index contributed by atoms with van der Waals surface area (Å²) in [5, 5.41) is 4.41. The van der Waals surface area contributed by atoms with Crippen LogP contribution in [0.3, 0.4) is 0 Å². The third-order valence-corrected chi connectivity index (χ3v) is 9.36. The molecule has 0 saturated carbocycles. The molecule has 4 heteroatoms. The van der Waals surface area contributed by atoms with Crippen molar-refractivity contribution in [2.75, 3.05) is 0 Å². The SMILES string of the molecule is [C-]#[N+]c1ccc(-c2ccccc2-c2cccc(-n3c4ccccc4c4ccccc43)c2)c(-n2c3ccccc3c3c([N+]#[C-])cccc32)c1. The summed E-state index contributed by atoms with van der Waals surface area (Å²) in [5.74, 6) is 0. The highest BCUT2D eigenvalue weighted by Crippen LogP contribution is 2.43. The lowest BCUT2D eigenvalue weighted by Gasteiger charge is -2.18. The largest absolute Gasteiger partial charge is 0.311 e. The van der Waals surface area contributed by atoms with E-state index in [0.29, 0.717) is 11.4 Å². The van der Waals surface area contributed by atoms with Crippen molar-refractivity contribution in [1.29, 1.82) is 0 Å². The van der Waals surface area contributed by atoms with E-state index in [9.17, 15) is 0 Å². The molecule has 0 atom stereocenters. The number of benzene rings is 7. The average molecular weight is 611 g/mol. The normalized spacial score (nSPS) is 11.3. The van der Waals surface area contributed by atoms with Crippen LogP contribution in [-0.4, -0.2) is 9.13 Å². The summed E-state index contributed by atoms with van der Waals surface area (Å²) < 4.78 is 4.56. The molecule has 0 fully saturated rings. The van der Waals surface area contributed by atoms with E-state index < -0.39 is 0 Å². The molecule has 2 aromatic heterocycles. The Bertz CT molecular complexity index is 2760. The fourth-order valence-electron chi connectivity index (χ4n) is 7.34. The van der Waals surface area contributed by atoms with Gasteiger partial charge in [0.05, 0.1) is 29.7 Å². The number of aromatic nitrogens is 2. The van der Waals surface area contributed by atoms with Crippen LogP contribution in [0.15, 0.2) is 158 Å². The molecule has 0 unspecified atom stereocenters. The summed E-state index contributed by atoms with van der Waals surface area (Å²) >= 11 is 0. The molecule has 0 amide bonds. The number of hydrogen-bond acceptors (Lipinski definition) is 0. The van der Waals surface area contributed by atoms with Gasteiger partial charge in [-0.25, -0.2) is 9.69 Å². The smallest absolute Gasteiger partial charge is 0.197 e. The van der Waals surface area contributed by atoms with Crippen LogP contribution >= 0.6 is 0 Å². The zero-order valence-electron chi connectivity index (χ0n) is 25.8. The molecule has 48 heavy (non-hydrogen) atoms. The topological polar surface area (TPSA) is 18.6 Å². The fraction of sp³-hybridized carbons (Fsp3) is 0. The van der Waals surface area contributed by atoms with Crippen molar-refractivity contribution in [2.45, 2.75) is 0 Å². The van der Waals surface area contributed by atoms with Crippen molar-refractivity contribution in [2.24, 2.45) is 0 Å². The van der Waals surface area contributed by atoms with Crippen LogP contribution in [0.4, 0.5) is 11.4 Å². The zero-order chi connectivity index (χ0) is 32.2. The Morgan fingerprint density at radius 1 is 0.417 bits per heavy atom. The molecule has 7 aromatic carbocycles. The lowest BCUT2D eigenvalue weighted by molar-refractivity contribution is 1.18. The highest BCUT2D eigenvalue weighted by atomic mass is 15.0. The maximum Gasteiger partial charge on any atom is 0.197 e. The Kier molecular flexibility index (Phi) is 6.22. The van der Waals surface area contributed by atoms with E-state index in [1.54, 1.807) is 0 Å². The monoisotopic (exact) mass is 610 g/mol. The molecule has 2 heterocycles. The van der Waals surface area contributed by atoms with Crippen LogP contribution in [0.2, 0.25) is 0 Å². The maximum atomic E-state index is 7.91. The number of nitrogens with zero attached hydrogens (tertiary/aromatic N) is 4. The number of para-hydroxylation sites is 3. The molecule has 0 N–H and O–H groups in total. The van der Waals surface area contributed by atoms with Crippen LogP contribution < -0.4 is 0 Å². The number of fused-ring (bicyclic) bond motifs is 6. The predicted molar refractivity (Wildman–Crippen MR) is 199 cm³/mol. The molecule has 9 aromatic rings. The summed E-state index contributed by atoms with van der Waals surface area (Å²) in [7, 11) is 0. The van der Waals surface area contributed by atoms with Gasteiger partial charge in [-0.3, -0.25) is 0 Å². The Hall–Kier alpha value is -6.88. The van der Waals surface area contributed by atoms with Crippen molar-refractivity contribution in [1.82, 2.24) is 9.13 Å². The second-order valence-electron chi connectivity index (χ2n) is 11.9. The molecule has 0 aliphatic carbocycles. The molecule has 0 spiro atoms. The van der Waals surface area contributed by atoms with Gasteiger partial charge in [-0.15, -0.1) is 0 Å². The molecule has 0 aliphatic heterocycles. The van der Waals surface area contributed by atoms with Crippen LogP contribution in [-0.2, 0) is 0 Å². The first kappa shape index (κ1) is 27.4. The van der Waals surface area contributed by atoms with E-state index >= 15 is 0 Å². The first-order valence-electron chi connectivity index (χ1n) is 15.8. The molecule has 0 radical (unpaired) electrons. The molecule has 0 aliphatic rings. The Morgan fingerprint density at radius 2 is 1.02 bits per heavy atom. The third-order valence-electron chi connectivity index (χ3n) is 9.36. The van der Waals surface area contributed by atoms with Crippen molar-refractivity contribution in [3.63, 3.8) is 0 Å². The minimum Gasteiger partial charge on any atom is -0.311 e. The van der Waals surface area contributed by atoms with Gasteiger partial charge in [-0.2, -0.15) is 0 Å². The van der Waals surface area contributed by atoms with Gasteiger partial charge in [-0.1, -0.05) is 115 Å². The van der Waals surface area contributed by atoms with Gasteiger partial charge >= 0.3 is 0 Å². The molecule has 4 nitrogen and oxygen atoms in total. The summed E-state index contributed by atoms with van der Waals surface area (Å²) in [4.78, 5) is 7.70. The first-order chi connectivity index (χ1) is 23.7. The maximum absolute atomic E-state index is 7.91. The Balaban J connectivity index is 1.29. The van der Waals surface area contributed by atoms with Gasteiger partial charge in [0.2, 0.25) is 0 Å². The quantitative estimate of drug-likeness (QED) is 0.177. The van der Waals surface area contributed by atoms with Crippen LogP contribution in [0.5, 0.6) is 0 Å². The predicted octanol–water partition coefficient (Wildman–Crippen LogP) is 12.3. The van der Waals surface area contributed by atoms with Crippen LogP contribution in [0.1, 0.15) is 0 Å². The van der Waals surface area contributed by atoms with Crippen molar-refractivity contribution in [3.05, 3.63) is 181 Å². The number of rotatable bonds is 4. The standard InChI is InChI=1S/C44H26N4/c1-45-30-25-26-36(43(28-30)48-41-23-10-7-19-37(41)44-38(46-2)20-12-24-42(44)48)33-16-4-3-15-32(33)29-13-11-14-31(27-29)47-39-21-8-5-17-34(39)35-18-6-9-22-40(35)47/h3-28H. The van der Waals surface area contributed by atoms with Gasteiger partial charge in [0.25, 0.3) is 0 Å². The summed E-state index contributed by atoms with van der Waals surface area (Å²) in [6, 6.07) is 54.5. The molecular formula is C44H26N4. The molecular weight excluding hydrogens is 585 g/mol. The summed E-state index contributed by atoms with van der Waals surface area (Å²) in [5.41, 5.74) is 11.7. The summed E-state index contributed by atoms with van der Waals surface area (Å²) in [6.45, 7) is 15.8. The van der Waals surface area contributed by atoms with Gasteiger partial charge in [0.1, 0.15) is 0 Å². The lowest BCUT2D eigenvalue weighted by atomic mass is 9.93. The third kappa shape index (κ3) is 4.07. The highest BCUT2D eigenvalue weighted by molar-refractivity contribution is 6.15. The fourth-order valence-corrected chi connectivity index (χ4v) is 7.34. The second-order valence-corrected chi connectivity index (χ2v) is 11.9. The second kappa shape index (κ2) is 10.9. The average Bonchev–Trinajstić information content (AvgIpc) is 3.68. The molecule has 222 valence electrons. The minimum absolute atomic E-state index is 0.562. The lowest BCUT2D eigenvalue weighted by Crippen LogP contribution is -1.98. The van der Waals surface area contributed by atoms with Crippen molar-refractivity contribution < 1.29 is 0 Å². The molecule has 0 bridgehead atoms. The van der Waals surface area contributed by atoms with E-state index in [2.05, 4.69) is 140 Å². The highest BCUT2D eigenvalue weighted by Gasteiger charge is 2.20. The molecule has 0 saturated heterocycles. The van der Waals surface area contributed by atoms with Crippen molar-refractivity contribution >= 4 is 55.0 Å². The van der Waals surface area contributed by atoms with Gasteiger partial charge in [0, 0.05) is 38.6 Å². The van der Waals surface area contributed by atoms with E-state index in [1.165, 1.54) is 21.8 Å². The summed E-state index contributed by atoms with van der Waals surface area (Å²) in [6.07, 6.45) is 0. The van der Waals surface area contributed by atoms with E-state index in [4.69, 9.17) is 13.1 Å². The van der Waals surface area contributed by atoms with E-state index in [1.807, 2.05) is 36.4 Å². The van der Waals surface area contributed by atoms with Gasteiger partial charge < -0.3 is 9.13 Å². The zero-order valence-corrected chi connectivity index (χ0v) is 25.8. The Labute approximate surface area is 277 Å². The van der Waals surface area contributed by atoms with Crippen LogP contribution in [0.25, 0.3) is 86.9 Å². The first-order valence-corrected chi connectivity index (χ1v) is 15.8. The number of hydrogen-bond donors (Lipinski definition) is 0. The van der Waals surface area contributed by atoms with Crippen LogP contribution in [0, 0.1) is 13.1 Å².